The maximum Gasteiger partial charge on any atom is 0.164 e. The molecule has 1 aromatic carbocycles. The molecule has 0 amide bonds. The van der Waals surface area contributed by atoms with Crippen molar-refractivity contribution in [1.29, 1.82) is 0 Å². The van der Waals surface area contributed by atoms with Crippen molar-refractivity contribution in [3.05, 3.63) is 35.9 Å². The lowest BCUT2D eigenvalue weighted by molar-refractivity contribution is -0.211. The average Bonchev–Trinajstić information content (AvgIpc) is 3.19. The Morgan fingerprint density at radius 1 is 0.923 bits per heavy atom. The minimum atomic E-state index is -0.635. The zero-order valence-corrected chi connectivity index (χ0v) is 15.8. The van der Waals surface area contributed by atoms with Crippen LogP contribution in [0.25, 0.3) is 0 Å². The van der Waals surface area contributed by atoms with Crippen molar-refractivity contribution in [2.45, 2.75) is 76.4 Å². The van der Waals surface area contributed by atoms with E-state index in [1.54, 1.807) is 0 Å². The molecule has 3 heterocycles. The van der Waals surface area contributed by atoms with Gasteiger partial charge in [0.2, 0.25) is 0 Å². The fourth-order valence-electron chi connectivity index (χ4n) is 3.89. The first-order valence-electron chi connectivity index (χ1n) is 9.28. The highest BCUT2D eigenvalue weighted by Gasteiger charge is 2.58. The summed E-state index contributed by atoms with van der Waals surface area (Å²) in [4.78, 5) is 0. The van der Waals surface area contributed by atoms with E-state index in [1.165, 1.54) is 0 Å². The van der Waals surface area contributed by atoms with Crippen LogP contribution in [0.3, 0.4) is 0 Å². The molecule has 26 heavy (non-hydrogen) atoms. The summed E-state index contributed by atoms with van der Waals surface area (Å²) < 4.78 is 36.1. The van der Waals surface area contributed by atoms with Gasteiger partial charge in [-0.3, -0.25) is 0 Å². The summed E-state index contributed by atoms with van der Waals surface area (Å²) in [5.41, 5.74) is 1.14. The van der Waals surface area contributed by atoms with Crippen LogP contribution in [0.4, 0.5) is 0 Å². The topological polar surface area (TPSA) is 55.4 Å². The van der Waals surface area contributed by atoms with Gasteiger partial charge in [0, 0.05) is 0 Å². The molecule has 0 bridgehead atoms. The van der Waals surface area contributed by atoms with E-state index < -0.39 is 11.6 Å². The lowest BCUT2D eigenvalue weighted by Crippen LogP contribution is -2.40. The highest BCUT2D eigenvalue weighted by Crippen LogP contribution is 2.42. The van der Waals surface area contributed by atoms with Gasteiger partial charge in [-0.25, -0.2) is 0 Å². The second-order valence-electron chi connectivity index (χ2n) is 8.07. The maximum atomic E-state index is 6.26. The summed E-state index contributed by atoms with van der Waals surface area (Å²) in [6, 6.07) is 10.1. The van der Waals surface area contributed by atoms with E-state index in [9.17, 15) is 0 Å². The first-order valence-corrected chi connectivity index (χ1v) is 9.28. The van der Waals surface area contributed by atoms with Crippen molar-refractivity contribution >= 4 is 0 Å². The second kappa shape index (κ2) is 6.86. The van der Waals surface area contributed by atoms with E-state index in [0.29, 0.717) is 19.8 Å². The van der Waals surface area contributed by atoms with Crippen LogP contribution in [0.15, 0.2) is 30.3 Å². The van der Waals surface area contributed by atoms with Gasteiger partial charge < -0.3 is 28.4 Å². The number of benzene rings is 1. The molecule has 5 atom stereocenters. The third-order valence-corrected chi connectivity index (χ3v) is 4.98. The Kier molecular flexibility index (Phi) is 4.84. The third-order valence-electron chi connectivity index (χ3n) is 4.98. The van der Waals surface area contributed by atoms with Crippen molar-refractivity contribution < 1.29 is 28.4 Å². The summed E-state index contributed by atoms with van der Waals surface area (Å²) >= 11 is 0. The van der Waals surface area contributed by atoms with Crippen LogP contribution in [-0.4, -0.2) is 55.3 Å². The maximum absolute atomic E-state index is 6.26. The first kappa shape index (κ1) is 18.3. The SMILES string of the molecule is CC1(C)OC[C@H]([C@H]2OC(COCc3ccccc3)[C@@H]3OC(C)(C)O[C@H]23)O1. The van der Waals surface area contributed by atoms with E-state index in [2.05, 4.69) is 0 Å². The van der Waals surface area contributed by atoms with Crippen LogP contribution in [0.1, 0.15) is 33.3 Å². The molecule has 1 aromatic rings. The molecule has 3 saturated heterocycles. The standard InChI is InChI=1S/C20H28O6/c1-19(2)22-12-15(24-19)16-18-17(25-20(3,4)26-18)14(23-16)11-21-10-13-8-6-5-7-9-13/h5-9,14-18H,10-12H2,1-4H3/t14?,15-,16-,17+,18-/m1/s1. The van der Waals surface area contributed by atoms with Gasteiger partial charge in [-0.15, -0.1) is 0 Å². The average molecular weight is 364 g/mol. The lowest BCUT2D eigenvalue weighted by Gasteiger charge is -2.27. The molecule has 6 heteroatoms. The van der Waals surface area contributed by atoms with Crippen LogP contribution in [0.5, 0.6) is 0 Å². The number of ether oxygens (including phenoxy) is 6. The number of rotatable bonds is 5. The van der Waals surface area contributed by atoms with Gasteiger partial charge in [-0.2, -0.15) is 0 Å². The molecule has 0 saturated carbocycles. The molecular weight excluding hydrogens is 336 g/mol. The first-order chi connectivity index (χ1) is 12.3. The van der Waals surface area contributed by atoms with Gasteiger partial charge in [0.15, 0.2) is 11.6 Å². The molecule has 6 nitrogen and oxygen atoms in total. The Labute approximate surface area is 154 Å². The minimum Gasteiger partial charge on any atom is -0.374 e. The van der Waals surface area contributed by atoms with Crippen molar-refractivity contribution in [2.75, 3.05) is 13.2 Å². The highest BCUT2D eigenvalue weighted by molar-refractivity contribution is 5.13. The monoisotopic (exact) mass is 364 g/mol. The Balaban J connectivity index is 1.40. The Morgan fingerprint density at radius 3 is 2.35 bits per heavy atom. The largest absolute Gasteiger partial charge is 0.374 e. The van der Waals surface area contributed by atoms with E-state index in [4.69, 9.17) is 28.4 Å². The molecule has 3 fully saturated rings. The second-order valence-corrected chi connectivity index (χ2v) is 8.07. The smallest absolute Gasteiger partial charge is 0.164 e. The van der Waals surface area contributed by atoms with E-state index in [1.807, 2.05) is 58.0 Å². The molecular formula is C20H28O6. The molecule has 3 aliphatic rings. The molecule has 3 aliphatic heterocycles. The molecule has 0 aromatic heterocycles. The Hall–Kier alpha value is -1.02. The fourth-order valence-corrected chi connectivity index (χ4v) is 3.89. The predicted octanol–water partition coefficient (Wildman–Crippen LogP) is 2.64. The van der Waals surface area contributed by atoms with Gasteiger partial charge in [-0.1, -0.05) is 30.3 Å². The lowest BCUT2D eigenvalue weighted by atomic mass is 10.0. The molecule has 0 spiro atoms. The highest BCUT2D eigenvalue weighted by atomic mass is 16.8. The van der Waals surface area contributed by atoms with E-state index in [-0.39, 0.29) is 30.5 Å². The van der Waals surface area contributed by atoms with Crippen LogP contribution in [0, 0.1) is 0 Å². The zero-order valence-electron chi connectivity index (χ0n) is 15.8. The molecule has 144 valence electrons. The Bertz CT molecular complexity index is 616. The summed E-state index contributed by atoms with van der Waals surface area (Å²) in [5, 5.41) is 0. The molecule has 0 radical (unpaired) electrons. The summed E-state index contributed by atoms with van der Waals surface area (Å²) in [6.07, 6.45) is -0.943. The summed E-state index contributed by atoms with van der Waals surface area (Å²) in [6.45, 7) is 9.17. The van der Waals surface area contributed by atoms with Crippen LogP contribution in [0.2, 0.25) is 0 Å². The number of fused-ring (bicyclic) bond motifs is 1. The van der Waals surface area contributed by atoms with Crippen LogP contribution in [-0.2, 0) is 35.0 Å². The van der Waals surface area contributed by atoms with E-state index >= 15 is 0 Å². The normalized spacial score (nSPS) is 37.8. The van der Waals surface area contributed by atoms with Gasteiger partial charge >= 0.3 is 0 Å². The fraction of sp³-hybridized carbons (Fsp3) is 0.700. The molecule has 0 aliphatic carbocycles. The van der Waals surface area contributed by atoms with Crippen LogP contribution >= 0.6 is 0 Å². The molecule has 4 rings (SSSR count). The van der Waals surface area contributed by atoms with Crippen molar-refractivity contribution in [2.24, 2.45) is 0 Å². The Morgan fingerprint density at radius 2 is 1.65 bits per heavy atom. The summed E-state index contributed by atoms with van der Waals surface area (Å²) in [7, 11) is 0. The van der Waals surface area contributed by atoms with Crippen molar-refractivity contribution in [3.8, 4) is 0 Å². The quantitative estimate of drug-likeness (QED) is 0.801. The molecule has 0 N–H and O–H groups in total. The van der Waals surface area contributed by atoms with Crippen LogP contribution < -0.4 is 0 Å². The predicted molar refractivity (Wildman–Crippen MR) is 93.5 cm³/mol. The summed E-state index contributed by atoms with van der Waals surface area (Å²) in [5.74, 6) is -1.23. The van der Waals surface area contributed by atoms with Gasteiger partial charge in [0.05, 0.1) is 19.8 Å². The molecule has 1 unspecified atom stereocenters. The van der Waals surface area contributed by atoms with Gasteiger partial charge in [-0.05, 0) is 33.3 Å². The van der Waals surface area contributed by atoms with Crippen molar-refractivity contribution in [3.63, 3.8) is 0 Å². The zero-order chi connectivity index (χ0) is 18.4. The van der Waals surface area contributed by atoms with E-state index in [0.717, 1.165) is 5.56 Å². The van der Waals surface area contributed by atoms with Gasteiger partial charge in [0.1, 0.15) is 30.5 Å². The van der Waals surface area contributed by atoms with Gasteiger partial charge in [0.25, 0.3) is 0 Å². The number of hydrogen-bond acceptors (Lipinski definition) is 6. The number of hydrogen-bond donors (Lipinski definition) is 0. The van der Waals surface area contributed by atoms with Crippen molar-refractivity contribution in [1.82, 2.24) is 0 Å². The third kappa shape index (κ3) is 3.81. The minimum absolute atomic E-state index is 0.168.